The Kier molecular flexibility index (Phi) is 4.96. The van der Waals surface area contributed by atoms with Gasteiger partial charge in [-0.2, -0.15) is 4.39 Å². The second-order valence-electron chi connectivity index (χ2n) is 4.26. The summed E-state index contributed by atoms with van der Waals surface area (Å²) >= 11 is 0. The van der Waals surface area contributed by atoms with Gasteiger partial charge in [0.1, 0.15) is 0 Å². The average Bonchev–Trinajstić information content (AvgIpc) is 2.45. The van der Waals surface area contributed by atoms with Crippen molar-refractivity contribution in [1.29, 1.82) is 0 Å². The molecule has 0 fully saturated rings. The summed E-state index contributed by atoms with van der Waals surface area (Å²) < 4.78 is 23.1. The van der Waals surface area contributed by atoms with Gasteiger partial charge in [0.2, 0.25) is 5.82 Å². The molecule has 1 rings (SSSR count). The first kappa shape index (κ1) is 16.5. The smallest absolute Gasteiger partial charge is 0.327 e. The molecule has 8 heteroatoms. The van der Waals surface area contributed by atoms with Gasteiger partial charge in [0.25, 0.3) is 0 Å². The molecule has 7 nitrogen and oxygen atoms in total. The maximum absolute atomic E-state index is 13.7. The van der Waals surface area contributed by atoms with Crippen molar-refractivity contribution < 1.29 is 28.4 Å². The van der Waals surface area contributed by atoms with Gasteiger partial charge in [0.15, 0.2) is 5.41 Å². The van der Waals surface area contributed by atoms with Crippen LogP contribution in [0.3, 0.4) is 0 Å². The van der Waals surface area contributed by atoms with Crippen molar-refractivity contribution in [2.24, 2.45) is 0 Å². The van der Waals surface area contributed by atoms with Crippen LogP contribution < -0.4 is 0 Å². The highest BCUT2D eigenvalue weighted by molar-refractivity contribution is 6.05. The first-order chi connectivity index (χ1) is 9.78. The number of ether oxygens (including phenoxy) is 2. The van der Waals surface area contributed by atoms with E-state index >= 15 is 0 Å². The summed E-state index contributed by atoms with van der Waals surface area (Å²) in [5.41, 5.74) is -2.74. The molecule has 1 unspecified atom stereocenters. The number of halogens is 1. The number of hydrogen-bond acceptors (Lipinski definition) is 6. The predicted octanol–water partition coefficient (Wildman–Crippen LogP) is 1.73. The number of carbonyl (C=O) groups excluding carboxylic acids is 2. The van der Waals surface area contributed by atoms with E-state index in [0.717, 1.165) is 25.3 Å². The summed E-state index contributed by atoms with van der Waals surface area (Å²) in [6.45, 7) is 2.77. The Labute approximate surface area is 119 Å². The SMILES string of the molecule is CCOC(=O)C(C)(C(=O)OC)c1ccc([N+](=O)[O-])c(F)c1. The fraction of sp³-hybridized carbons (Fsp3) is 0.385. The van der Waals surface area contributed by atoms with Crippen molar-refractivity contribution in [1.82, 2.24) is 0 Å². The van der Waals surface area contributed by atoms with Crippen LogP contribution in [0.5, 0.6) is 0 Å². The molecule has 1 atom stereocenters. The Morgan fingerprint density at radius 1 is 1.38 bits per heavy atom. The second kappa shape index (κ2) is 6.29. The third-order valence-corrected chi connectivity index (χ3v) is 3.00. The molecule has 1 aromatic carbocycles. The van der Waals surface area contributed by atoms with Crippen molar-refractivity contribution in [2.45, 2.75) is 19.3 Å². The van der Waals surface area contributed by atoms with Gasteiger partial charge in [-0.05, 0) is 25.5 Å². The van der Waals surface area contributed by atoms with E-state index in [1.165, 1.54) is 6.92 Å². The van der Waals surface area contributed by atoms with E-state index in [-0.39, 0.29) is 12.2 Å². The molecule has 0 aromatic heterocycles. The largest absolute Gasteiger partial charge is 0.468 e. The zero-order chi connectivity index (χ0) is 16.2. The minimum atomic E-state index is -1.90. The summed E-state index contributed by atoms with van der Waals surface area (Å²) in [5, 5.41) is 10.6. The lowest BCUT2D eigenvalue weighted by Gasteiger charge is -2.24. The topological polar surface area (TPSA) is 95.7 Å². The third kappa shape index (κ3) is 2.99. The number of nitro benzene ring substituents is 1. The number of carbonyl (C=O) groups is 2. The fourth-order valence-electron chi connectivity index (χ4n) is 1.76. The lowest BCUT2D eigenvalue weighted by molar-refractivity contribution is -0.387. The van der Waals surface area contributed by atoms with Crippen molar-refractivity contribution in [2.75, 3.05) is 13.7 Å². The molecule has 21 heavy (non-hydrogen) atoms. The van der Waals surface area contributed by atoms with Gasteiger partial charge in [-0.1, -0.05) is 6.07 Å². The molecule has 0 N–H and O–H groups in total. The maximum Gasteiger partial charge on any atom is 0.327 e. The van der Waals surface area contributed by atoms with Crippen LogP contribution in [-0.2, 0) is 24.5 Å². The molecule has 1 aromatic rings. The first-order valence-corrected chi connectivity index (χ1v) is 5.99. The number of hydrogen-bond donors (Lipinski definition) is 0. The van der Waals surface area contributed by atoms with Gasteiger partial charge in [-0.25, -0.2) is 0 Å². The standard InChI is InChI=1S/C13H14FNO6/c1-4-21-12(17)13(2,11(16)20-3)8-5-6-10(15(18)19)9(14)7-8/h5-7H,4H2,1-3H3. The Morgan fingerprint density at radius 3 is 2.43 bits per heavy atom. The Bertz CT molecular complexity index is 588. The van der Waals surface area contributed by atoms with Gasteiger partial charge in [0, 0.05) is 6.07 Å². The summed E-state index contributed by atoms with van der Waals surface area (Å²) in [4.78, 5) is 33.6. The summed E-state index contributed by atoms with van der Waals surface area (Å²) in [7, 11) is 1.07. The van der Waals surface area contributed by atoms with Gasteiger partial charge >= 0.3 is 17.6 Å². The van der Waals surface area contributed by atoms with Crippen LogP contribution in [0.15, 0.2) is 18.2 Å². The highest BCUT2D eigenvalue weighted by atomic mass is 19.1. The summed E-state index contributed by atoms with van der Waals surface area (Å²) in [6.07, 6.45) is 0. The van der Waals surface area contributed by atoms with E-state index < -0.39 is 33.8 Å². The van der Waals surface area contributed by atoms with Crippen LogP contribution in [0.1, 0.15) is 19.4 Å². The van der Waals surface area contributed by atoms with Crippen molar-refractivity contribution in [3.8, 4) is 0 Å². The predicted molar refractivity (Wildman–Crippen MR) is 69.1 cm³/mol. The lowest BCUT2D eigenvalue weighted by Crippen LogP contribution is -2.43. The Hall–Kier alpha value is -2.51. The molecule has 0 saturated carbocycles. The molecular weight excluding hydrogens is 285 g/mol. The van der Waals surface area contributed by atoms with E-state index in [1.807, 2.05) is 0 Å². The monoisotopic (exact) mass is 299 g/mol. The van der Waals surface area contributed by atoms with Crippen LogP contribution >= 0.6 is 0 Å². The van der Waals surface area contributed by atoms with Crippen molar-refractivity contribution >= 4 is 17.6 Å². The molecule has 114 valence electrons. The van der Waals surface area contributed by atoms with E-state index in [2.05, 4.69) is 4.74 Å². The number of nitrogens with zero attached hydrogens (tertiary/aromatic N) is 1. The van der Waals surface area contributed by atoms with Crippen LogP contribution in [0, 0.1) is 15.9 Å². The first-order valence-electron chi connectivity index (χ1n) is 5.99. The number of rotatable bonds is 5. The molecular formula is C13H14FNO6. The van der Waals surface area contributed by atoms with Gasteiger partial charge in [-0.3, -0.25) is 19.7 Å². The highest BCUT2D eigenvalue weighted by Gasteiger charge is 2.46. The molecule has 0 heterocycles. The van der Waals surface area contributed by atoms with Crippen LogP contribution in [0.25, 0.3) is 0 Å². The van der Waals surface area contributed by atoms with E-state index in [4.69, 9.17) is 4.74 Å². The molecule has 0 bridgehead atoms. The molecule has 0 spiro atoms. The molecule has 0 aliphatic rings. The van der Waals surface area contributed by atoms with Gasteiger partial charge in [0.05, 0.1) is 18.6 Å². The van der Waals surface area contributed by atoms with Crippen LogP contribution in [0.4, 0.5) is 10.1 Å². The number of nitro groups is 1. The summed E-state index contributed by atoms with van der Waals surface area (Å²) in [6, 6.07) is 2.76. The normalized spacial score (nSPS) is 13.1. The molecule has 0 saturated heterocycles. The van der Waals surface area contributed by atoms with E-state index in [9.17, 15) is 24.1 Å². The fourth-order valence-corrected chi connectivity index (χ4v) is 1.76. The maximum atomic E-state index is 13.7. The molecule has 0 amide bonds. The highest BCUT2D eigenvalue weighted by Crippen LogP contribution is 2.30. The van der Waals surface area contributed by atoms with E-state index in [0.29, 0.717) is 0 Å². The third-order valence-electron chi connectivity index (χ3n) is 3.00. The van der Waals surface area contributed by atoms with Crippen molar-refractivity contribution in [3.05, 3.63) is 39.7 Å². The zero-order valence-corrected chi connectivity index (χ0v) is 11.7. The minimum Gasteiger partial charge on any atom is -0.468 e. The minimum absolute atomic E-state index is 0.0148. The van der Waals surface area contributed by atoms with E-state index in [1.54, 1.807) is 6.92 Å². The molecule has 0 radical (unpaired) electrons. The number of methoxy groups -OCH3 is 1. The van der Waals surface area contributed by atoms with Crippen LogP contribution in [0.2, 0.25) is 0 Å². The zero-order valence-electron chi connectivity index (χ0n) is 11.7. The average molecular weight is 299 g/mol. The Balaban J connectivity index is 3.40. The molecule has 0 aliphatic carbocycles. The number of benzene rings is 1. The van der Waals surface area contributed by atoms with Crippen molar-refractivity contribution in [3.63, 3.8) is 0 Å². The molecule has 0 aliphatic heterocycles. The quantitative estimate of drug-likeness (QED) is 0.355. The van der Waals surface area contributed by atoms with Gasteiger partial charge in [-0.15, -0.1) is 0 Å². The number of esters is 2. The summed E-state index contributed by atoms with van der Waals surface area (Å²) in [5.74, 6) is -3.03. The van der Waals surface area contributed by atoms with Crippen LogP contribution in [-0.4, -0.2) is 30.6 Å². The Morgan fingerprint density at radius 2 is 2.00 bits per heavy atom. The lowest BCUT2D eigenvalue weighted by atomic mass is 9.82. The van der Waals surface area contributed by atoms with Gasteiger partial charge < -0.3 is 9.47 Å². The second-order valence-corrected chi connectivity index (χ2v) is 4.26.